The molecule has 0 amide bonds. The maximum Gasteiger partial charge on any atom is 0.231 e. The molecule has 0 radical (unpaired) electrons. The standard InChI is InChI=1S/C19H18N6O/c1-2-13(3-1)22-17-15-8-9-20-16(15)24-19(25-17)23-14-6-4-12(5-7-14)18-21-10-11-26-18/h4-11,13H,1-3H2,(H3,20,22,23,24,25). The molecular weight excluding hydrogens is 328 g/mol. The Morgan fingerprint density at radius 3 is 2.69 bits per heavy atom. The SMILES string of the molecule is c1coc(-c2ccc(Nc3nc(NC4CCC4)c4cc[nH]c4n3)cc2)n1. The first-order valence-corrected chi connectivity index (χ1v) is 8.74. The molecule has 7 nitrogen and oxygen atoms in total. The van der Waals surface area contributed by atoms with Gasteiger partial charge in [0, 0.05) is 23.5 Å². The minimum absolute atomic E-state index is 0.510. The van der Waals surface area contributed by atoms with Crippen LogP contribution < -0.4 is 10.6 Å². The van der Waals surface area contributed by atoms with Crippen molar-refractivity contribution < 1.29 is 4.42 Å². The number of aromatic nitrogens is 4. The van der Waals surface area contributed by atoms with Crippen molar-refractivity contribution in [3.63, 3.8) is 0 Å². The highest BCUT2D eigenvalue weighted by molar-refractivity contribution is 5.88. The minimum Gasteiger partial charge on any atom is -0.445 e. The Hall–Kier alpha value is -3.35. The van der Waals surface area contributed by atoms with E-state index >= 15 is 0 Å². The predicted molar refractivity (Wildman–Crippen MR) is 100 cm³/mol. The lowest BCUT2D eigenvalue weighted by Gasteiger charge is -2.27. The summed E-state index contributed by atoms with van der Waals surface area (Å²) in [6.45, 7) is 0. The number of rotatable bonds is 5. The number of nitrogens with one attached hydrogen (secondary N) is 3. The summed E-state index contributed by atoms with van der Waals surface area (Å²) in [6, 6.07) is 10.3. The van der Waals surface area contributed by atoms with Crippen molar-refractivity contribution in [3.05, 3.63) is 49.0 Å². The highest BCUT2D eigenvalue weighted by Crippen LogP contribution is 2.28. The summed E-state index contributed by atoms with van der Waals surface area (Å²) in [4.78, 5) is 16.6. The molecule has 1 aliphatic rings. The van der Waals surface area contributed by atoms with Gasteiger partial charge in [-0.3, -0.25) is 0 Å². The summed E-state index contributed by atoms with van der Waals surface area (Å²) in [7, 11) is 0. The molecule has 0 atom stereocenters. The van der Waals surface area contributed by atoms with Gasteiger partial charge in [-0.05, 0) is 49.6 Å². The Bertz CT molecular complexity index is 1020. The molecule has 7 heteroatoms. The van der Waals surface area contributed by atoms with E-state index in [0.717, 1.165) is 28.1 Å². The van der Waals surface area contributed by atoms with Crippen molar-refractivity contribution in [1.82, 2.24) is 19.9 Å². The molecule has 3 heterocycles. The number of hydrogen-bond acceptors (Lipinski definition) is 6. The predicted octanol–water partition coefficient (Wildman–Crippen LogP) is 4.32. The fourth-order valence-corrected chi connectivity index (χ4v) is 3.04. The monoisotopic (exact) mass is 346 g/mol. The summed E-state index contributed by atoms with van der Waals surface area (Å²) >= 11 is 0. The average Bonchev–Trinajstić information content (AvgIpc) is 3.30. The number of fused-ring (bicyclic) bond motifs is 1. The van der Waals surface area contributed by atoms with Crippen LogP contribution in [0.1, 0.15) is 19.3 Å². The Morgan fingerprint density at radius 1 is 1.08 bits per heavy atom. The van der Waals surface area contributed by atoms with E-state index in [4.69, 9.17) is 4.42 Å². The molecule has 1 saturated carbocycles. The lowest BCUT2D eigenvalue weighted by molar-refractivity contribution is 0.445. The van der Waals surface area contributed by atoms with Crippen molar-refractivity contribution in [3.8, 4) is 11.5 Å². The molecule has 130 valence electrons. The summed E-state index contributed by atoms with van der Waals surface area (Å²) in [5, 5.41) is 7.82. The molecule has 0 aliphatic heterocycles. The summed E-state index contributed by atoms with van der Waals surface area (Å²) in [5.74, 6) is 2.04. The van der Waals surface area contributed by atoms with Gasteiger partial charge in [-0.25, -0.2) is 4.98 Å². The van der Waals surface area contributed by atoms with Crippen LogP contribution in [0.15, 0.2) is 53.4 Å². The number of hydrogen-bond donors (Lipinski definition) is 3. The molecule has 1 fully saturated rings. The van der Waals surface area contributed by atoms with Gasteiger partial charge in [-0.2, -0.15) is 9.97 Å². The van der Waals surface area contributed by atoms with Gasteiger partial charge in [0.15, 0.2) is 0 Å². The second-order valence-corrected chi connectivity index (χ2v) is 6.45. The number of nitrogens with zero attached hydrogens (tertiary/aromatic N) is 3. The maximum atomic E-state index is 5.32. The van der Waals surface area contributed by atoms with Crippen molar-refractivity contribution >= 4 is 28.5 Å². The molecular formula is C19H18N6O. The van der Waals surface area contributed by atoms with Gasteiger partial charge in [0.25, 0.3) is 0 Å². The number of oxazole rings is 1. The number of benzene rings is 1. The van der Waals surface area contributed by atoms with Crippen molar-refractivity contribution in [2.24, 2.45) is 0 Å². The van der Waals surface area contributed by atoms with Crippen LogP contribution in [-0.4, -0.2) is 26.0 Å². The quantitative estimate of drug-likeness (QED) is 0.498. The fourth-order valence-electron chi connectivity index (χ4n) is 3.04. The smallest absolute Gasteiger partial charge is 0.231 e. The second kappa shape index (κ2) is 6.18. The van der Waals surface area contributed by atoms with E-state index < -0.39 is 0 Å². The van der Waals surface area contributed by atoms with Gasteiger partial charge >= 0.3 is 0 Å². The largest absolute Gasteiger partial charge is 0.445 e. The van der Waals surface area contributed by atoms with E-state index in [2.05, 4.69) is 30.6 Å². The topological polar surface area (TPSA) is 91.7 Å². The number of H-pyrrole nitrogens is 1. The molecule has 0 bridgehead atoms. The third kappa shape index (κ3) is 2.77. The van der Waals surface area contributed by atoms with E-state index in [-0.39, 0.29) is 0 Å². The van der Waals surface area contributed by atoms with Gasteiger partial charge < -0.3 is 20.0 Å². The normalized spacial score (nSPS) is 14.3. The zero-order valence-electron chi connectivity index (χ0n) is 14.1. The summed E-state index contributed by atoms with van der Waals surface area (Å²) in [6.07, 6.45) is 8.76. The van der Waals surface area contributed by atoms with Crippen LogP contribution in [0.2, 0.25) is 0 Å². The van der Waals surface area contributed by atoms with Crippen LogP contribution in [0.5, 0.6) is 0 Å². The molecule has 0 saturated heterocycles. The molecule has 3 N–H and O–H groups in total. The molecule has 0 unspecified atom stereocenters. The Morgan fingerprint density at radius 2 is 1.96 bits per heavy atom. The molecule has 1 aliphatic carbocycles. The lowest BCUT2D eigenvalue weighted by atomic mass is 9.93. The van der Waals surface area contributed by atoms with Crippen LogP contribution >= 0.6 is 0 Å². The van der Waals surface area contributed by atoms with Crippen LogP contribution in [0.4, 0.5) is 17.5 Å². The fraction of sp³-hybridized carbons (Fsp3) is 0.211. The molecule has 0 spiro atoms. The molecule has 5 rings (SSSR count). The third-order valence-electron chi connectivity index (χ3n) is 4.68. The van der Waals surface area contributed by atoms with Gasteiger partial charge in [0.2, 0.25) is 11.8 Å². The Kier molecular flexibility index (Phi) is 3.55. The van der Waals surface area contributed by atoms with Gasteiger partial charge in [0.1, 0.15) is 17.7 Å². The average molecular weight is 346 g/mol. The minimum atomic E-state index is 0.510. The van der Waals surface area contributed by atoms with E-state index in [0.29, 0.717) is 17.9 Å². The van der Waals surface area contributed by atoms with Crippen molar-refractivity contribution in [1.29, 1.82) is 0 Å². The van der Waals surface area contributed by atoms with E-state index in [1.54, 1.807) is 12.5 Å². The highest BCUT2D eigenvalue weighted by atomic mass is 16.3. The molecule has 26 heavy (non-hydrogen) atoms. The molecule has 1 aromatic carbocycles. The summed E-state index contributed by atoms with van der Waals surface area (Å²) < 4.78 is 5.32. The highest BCUT2D eigenvalue weighted by Gasteiger charge is 2.19. The first-order chi connectivity index (χ1) is 12.8. The molecule has 4 aromatic rings. The Balaban J connectivity index is 1.41. The van der Waals surface area contributed by atoms with Crippen molar-refractivity contribution in [2.75, 3.05) is 10.6 Å². The second-order valence-electron chi connectivity index (χ2n) is 6.45. The van der Waals surface area contributed by atoms with Crippen LogP contribution in [0.3, 0.4) is 0 Å². The number of anilines is 3. The lowest BCUT2D eigenvalue weighted by Crippen LogP contribution is -2.27. The van der Waals surface area contributed by atoms with E-state index in [1.807, 2.05) is 36.5 Å². The van der Waals surface area contributed by atoms with Crippen LogP contribution in [-0.2, 0) is 0 Å². The first-order valence-electron chi connectivity index (χ1n) is 8.74. The van der Waals surface area contributed by atoms with Crippen LogP contribution in [0.25, 0.3) is 22.5 Å². The zero-order valence-corrected chi connectivity index (χ0v) is 14.1. The third-order valence-corrected chi connectivity index (χ3v) is 4.68. The van der Waals surface area contributed by atoms with E-state index in [9.17, 15) is 0 Å². The van der Waals surface area contributed by atoms with Gasteiger partial charge in [-0.15, -0.1) is 0 Å². The van der Waals surface area contributed by atoms with Gasteiger partial charge in [0.05, 0.1) is 11.6 Å². The maximum absolute atomic E-state index is 5.32. The van der Waals surface area contributed by atoms with Gasteiger partial charge in [-0.1, -0.05) is 0 Å². The zero-order chi connectivity index (χ0) is 17.3. The number of aromatic amines is 1. The Labute approximate surface area is 149 Å². The molecule has 3 aromatic heterocycles. The summed E-state index contributed by atoms with van der Waals surface area (Å²) in [5.41, 5.74) is 2.65. The van der Waals surface area contributed by atoms with Crippen molar-refractivity contribution in [2.45, 2.75) is 25.3 Å². The first kappa shape index (κ1) is 14.9. The van der Waals surface area contributed by atoms with Crippen LogP contribution in [0, 0.1) is 0 Å². The van der Waals surface area contributed by atoms with E-state index in [1.165, 1.54) is 19.3 Å².